The SMILES string of the molecule is CCOC(=O)c1c(NC(=O)Cn2c(-c3ccccc3)nc3sc4c(c3c2=O)CCCC4)sc2c1CCC(C)C2. The normalized spacial score (nSPS) is 16.5. The lowest BCUT2D eigenvalue weighted by molar-refractivity contribution is -0.116. The molecule has 2 aliphatic carbocycles. The number of carbonyl (C=O) groups excluding carboxylic acids is 2. The minimum Gasteiger partial charge on any atom is -0.462 e. The molecule has 0 spiro atoms. The first kappa shape index (κ1) is 26.0. The number of aromatic nitrogens is 2. The summed E-state index contributed by atoms with van der Waals surface area (Å²) in [4.78, 5) is 48.5. The van der Waals surface area contributed by atoms with E-state index in [9.17, 15) is 14.4 Å². The Morgan fingerprint density at radius 3 is 2.67 bits per heavy atom. The number of rotatable bonds is 6. The first-order valence-electron chi connectivity index (χ1n) is 13.7. The molecule has 1 amide bonds. The molecule has 0 radical (unpaired) electrons. The summed E-state index contributed by atoms with van der Waals surface area (Å²) in [6, 6.07) is 9.53. The van der Waals surface area contributed by atoms with Crippen LogP contribution in [0.25, 0.3) is 21.6 Å². The highest BCUT2D eigenvalue weighted by Gasteiger charge is 2.30. The number of fused-ring (bicyclic) bond motifs is 4. The Hall–Kier alpha value is -3.30. The van der Waals surface area contributed by atoms with E-state index in [2.05, 4.69) is 12.2 Å². The Balaban J connectivity index is 1.40. The molecule has 1 aromatic carbocycles. The van der Waals surface area contributed by atoms with Crippen molar-refractivity contribution in [1.29, 1.82) is 0 Å². The third-order valence-corrected chi connectivity index (χ3v) is 10.0. The summed E-state index contributed by atoms with van der Waals surface area (Å²) in [5.74, 6) is 0.231. The zero-order valence-corrected chi connectivity index (χ0v) is 23.8. The van der Waals surface area contributed by atoms with Gasteiger partial charge in [-0.3, -0.25) is 14.2 Å². The number of amides is 1. The predicted octanol–water partition coefficient (Wildman–Crippen LogP) is 6.01. The molecule has 0 bridgehead atoms. The maximum Gasteiger partial charge on any atom is 0.341 e. The van der Waals surface area contributed by atoms with Crippen LogP contribution in [0.1, 0.15) is 64.3 Å². The highest BCUT2D eigenvalue weighted by atomic mass is 32.1. The predicted molar refractivity (Wildman–Crippen MR) is 156 cm³/mol. The standard InChI is InChI=1S/C30H31N3O4S2/c1-3-37-30(36)25-20-14-13-17(2)15-22(20)39-28(25)31-23(34)16-33-26(18-9-5-4-6-10-18)32-27-24(29(33)35)19-11-7-8-12-21(19)38-27/h4-6,9-10,17H,3,7-8,11-16H2,1-2H3,(H,31,34). The largest absolute Gasteiger partial charge is 0.462 e. The Morgan fingerprint density at radius 1 is 1.08 bits per heavy atom. The molecule has 2 aliphatic rings. The third kappa shape index (κ3) is 4.82. The van der Waals surface area contributed by atoms with E-state index >= 15 is 0 Å². The van der Waals surface area contributed by atoms with Gasteiger partial charge in [0.25, 0.3) is 5.56 Å². The van der Waals surface area contributed by atoms with Crippen molar-refractivity contribution in [3.05, 3.63) is 67.1 Å². The van der Waals surface area contributed by atoms with Gasteiger partial charge in [0.15, 0.2) is 0 Å². The highest BCUT2D eigenvalue weighted by molar-refractivity contribution is 7.18. The van der Waals surface area contributed by atoms with Crippen LogP contribution >= 0.6 is 22.7 Å². The minimum absolute atomic E-state index is 0.182. The molecule has 1 unspecified atom stereocenters. The van der Waals surface area contributed by atoms with Crippen LogP contribution < -0.4 is 10.9 Å². The molecule has 39 heavy (non-hydrogen) atoms. The van der Waals surface area contributed by atoms with Gasteiger partial charge in [-0.05, 0) is 68.9 Å². The number of hydrogen-bond donors (Lipinski definition) is 1. The number of carbonyl (C=O) groups is 2. The molecule has 6 rings (SSSR count). The number of esters is 1. The lowest BCUT2D eigenvalue weighted by Gasteiger charge is -2.18. The van der Waals surface area contributed by atoms with Gasteiger partial charge in [0.05, 0.1) is 17.6 Å². The molecule has 202 valence electrons. The summed E-state index contributed by atoms with van der Waals surface area (Å²) in [6.07, 6.45) is 6.67. The van der Waals surface area contributed by atoms with E-state index in [0.717, 1.165) is 71.3 Å². The first-order chi connectivity index (χ1) is 18.9. The summed E-state index contributed by atoms with van der Waals surface area (Å²) in [5.41, 5.74) is 3.15. The summed E-state index contributed by atoms with van der Waals surface area (Å²) >= 11 is 3.06. The molecule has 4 aromatic rings. The van der Waals surface area contributed by atoms with Gasteiger partial charge >= 0.3 is 5.97 Å². The van der Waals surface area contributed by atoms with Gasteiger partial charge in [-0.2, -0.15) is 0 Å². The van der Waals surface area contributed by atoms with Crippen molar-refractivity contribution in [3.8, 4) is 11.4 Å². The topological polar surface area (TPSA) is 90.3 Å². The summed E-state index contributed by atoms with van der Waals surface area (Å²) < 4.78 is 6.85. The Bertz CT molecular complexity index is 1630. The van der Waals surface area contributed by atoms with Crippen LogP contribution in [0.5, 0.6) is 0 Å². The van der Waals surface area contributed by atoms with Crippen molar-refractivity contribution in [2.75, 3.05) is 11.9 Å². The van der Waals surface area contributed by atoms with E-state index in [1.807, 2.05) is 30.3 Å². The Labute approximate surface area is 234 Å². The fourth-order valence-corrected chi connectivity index (χ4v) is 8.43. The van der Waals surface area contributed by atoms with Gasteiger partial charge < -0.3 is 10.1 Å². The average Bonchev–Trinajstić information content (AvgIpc) is 3.48. The number of hydrogen-bond acceptors (Lipinski definition) is 7. The molecule has 0 saturated heterocycles. The van der Waals surface area contributed by atoms with Crippen LogP contribution in [0.15, 0.2) is 35.1 Å². The molecule has 7 nitrogen and oxygen atoms in total. The van der Waals surface area contributed by atoms with E-state index < -0.39 is 5.97 Å². The maximum absolute atomic E-state index is 14.0. The molecule has 9 heteroatoms. The lowest BCUT2D eigenvalue weighted by atomic mass is 9.88. The van der Waals surface area contributed by atoms with E-state index in [0.29, 0.717) is 27.7 Å². The quantitative estimate of drug-likeness (QED) is 0.292. The van der Waals surface area contributed by atoms with Gasteiger partial charge in [0, 0.05) is 15.3 Å². The molecular formula is C30H31N3O4S2. The number of benzene rings is 1. The second kappa shape index (κ2) is 10.7. The van der Waals surface area contributed by atoms with E-state index in [1.54, 1.807) is 18.3 Å². The summed E-state index contributed by atoms with van der Waals surface area (Å²) in [7, 11) is 0. The Kier molecular flexibility index (Phi) is 7.12. The molecular weight excluding hydrogens is 530 g/mol. The number of ether oxygens (including phenoxy) is 1. The minimum atomic E-state index is -0.407. The molecule has 0 aliphatic heterocycles. The smallest absolute Gasteiger partial charge is 0.341 e. The lowest BCUT2D eigenvalue weighted by Crippen LogP contribution is -2.30. The van der Waals surface area contributed by atoms with Gasteiger partial charge in [0.2, 0.25) is 5.91 Å². The first-order valence-corrected chi connectivity index (χ1v) is 15.3. The number of thiophene rings is 2. The molecule has 0 fully saturated rings. The van der Waals surface area contributed by atoms with Crippen molar-refractivity contribution < 1.29 is 14.3 Å². The molecule has 1 atom stereocenters. The number of anilines is 1. The third-order valence-electron chi connectivity index (χ3n) is 7.65. The zero-order valence-electron chi connectivity index (χ0n) is 22.2. The van der Waals surface area contributed by atoms with Crippen LogP contribution in [0.2, 0.25) is 0 Å². The number of nitrogens with one attached hydrogen (secondary N) is 1. The zero-order chi connectivity index (χ0) is 27.1. The van der Waals surface area contributed by atoms with Gasteiger partial charge in [-0.15, -0.1) is 22.7 Å². The van der Waals surface area contributed by atoms with Crippen LogP contribution in [-0.4, -0.2) is 28.0 Å². The van der Waals surface area contributed by atoms with E-state index in [1.165, 1.54) is 20.8 Å². The van der Waals surface area contributed by atoms with Crippen LogP contribution in [-0.2, 0) is 41.8 Å². The van der Waals surface area contributed by atoms with Crippen LogP contribution in [0.3, 0.4) is 0 Å². The number of aryl methyl sites for hydroxylation is 2. The molecule has 1 N–H and O–H groups in total. The Morgan fingerprint density at radius 2 is 1.87 bits per heavy atom. The fraction of sp³-hybridized carbons (Fsp3) is 0.400. The van der Waals surface area contributed by atoms with E-state index in [4.69, 9.17) is 9.72 Å². The molecule has 3 heterocycles. The van der Waals surface area contributed by atoms with E-state index in [-0.39, 0.29) is 24.6 Å². The number of nitrogens with zero attached hydrogens (tertiary/aromatic N) is 2. The van der Waals surface area contributed by atoms with Crippen LogP contribution in [0, 0.1) is 5.92 Å². The van der Waals surface area contributed by atoms with Crippen LogP contribution in [0.4, 0.5) is 5.00 Å². The average molecular weight is 562 g/mol. The summed E-state index contributed by atoms with van der Waals surface area (Å²) in [6.45, 7) is 4.05. The summed E-state index contributed by atoms with van der Waals surface area (Å²) in [5, 5.41) is 4.13. The van der Waals surface area contributed by atoms with Crippen molar-refractivity contribution in [2.24, 2.45) is 5.92 Å². The van der Waals surface area contributed by atoms with Crippen molar-refractivity contribution in [1.82, 2.24) is 9.55 Å². The van der Waals surface area contributed by atoms with Crippen molar-refractivity contribution in [2.45, 2.75) is 65.3 Å². The van der Waals surface area contributed by atoms with Gasteiger partial charge in [0.1, 0.15) is 22.2 Å². The van der Waals surface area contributed by atoms with Crippen molar-refractivity contribution >= 4 is 49.8 Å². The highest BCUT2D eigenvalue weighted by Crippen LogP contribution is 2.40. The fourth-order valence-electron chi connectivity index (χ4n) is 5.76. The van der Waals surface area contributed by atoms with Gasteiger partial charge in [-0.1, -0.05) is 37.3 Å². The van der Waals surface area contributed by atoms with Crippen molar-refractivity contribution in [3.63, 3.8) is 0 Å². The monoisotopic (exact) mass is 561 g/mol. The molecule has 3 aromatic heterocycles. The second-order valence-corrected chi connectivity index (χ2v) is 12.6. The second-order valence-electron chi connectivity index (χ2n) is 10.4. The maximum atomic E-state index is 14.0. The van der Waals surface area contributed by atoms with Gasteiger partial charge in [-0.25, -0.2) is 9.78 Å². The molecule has 0 saturated carbocycles.